The number of rotatable bonds is 7. The summed E-state index contributed by atoms with van der Waals surface area (Å²) >= 11 is 0. The van der Waals surface area contributed by atoms with Crippen LogP contribution in [0, 0.1) is 0 Å². The van der Waals surface area contributed by atoms with Crippen LogP contribution in [0.3, 0.4) is 0 Å². The van der Waals surface area contributed by atoms with Crippen LogP contribution in [0.5, 0.6) is 11.5 Å². The van der Waals surface area contributed by atoms with E-state index < -0.39 is 0 Å². The Morgan fingerprint density at radius 2 is 1.49 bits per heavy atom. The number of fused-ring (bicyclic) bond motifs is 1. The summed E-state index contributed by atoms with van der Waals surface area (Å²) in [6.45, 7) is 2.58. The standard InChI is InChI=1S/C32H26O3/c1-2-34-26-19-17-25(18-20-26)32-28(21-22-29(33)23-11-5-3-6-12-23)31(24-13-7-4-8-14-24)27-15-9-10-16-30(27)35-32/h3-22,31H,2H2,1H3. The van der Waals surface area contributed by atoms with Crippen molar-refractivity contribution in [2.45, 2.75) is 12.8 Å². The molecule has 4 aromatic rings. The van der Waals surface area contributed by atoms with E-state index >= 15 is 0 Å². The Kier molecular flexibility index (Phi) is 6.58. The lowest BCUT2D eigenvalue weighted by molar-refractivity contribution is 0.104. The molecule has 0 spiro atoms. The molecule has 1 atom stereocenters. The molecule has 4 aromatic carbocycles. The molecule has 1 aliphatic rings. The van der Waals surface area contributed by atoms with Crippen molar-refractivity contribution in [3.8, 4) is 11.5 Å². The summed E-state index contributed by atoms with van der Waals surface area (Å²) in [7, 11) is 0. The summed E-state index contributed by atoms with van der Waals surface area (Å²) < 4.78 is 12.1. The first-order valence-corrected chi connectivity index (χ1v) is 11.8. The highest BCUT2D eigenvalue weighted by Crippen LogP contribution is 2.46. The van der Waals surface area contributed by atoms with Crippen LogP contribution in [-0.4, -0.2) is 12.4 Å². The number of carbonyl (C=O) groups excluding carboxylic acids is 1. The summed E-state index contributed by atoms with van der Waals surface area (Å²) in [4.78, 5) is 13.0. The fraction of sp³-hybridized carbons (Fsp3) is 0.0938. The summed E-state index contributed by atoms with van der Waals surface area (Å²) in [5.74, 6) is 2.23. The Morgan fingerprint density at radius 1 is 0.829 bits per heavy atom. The topological polar surface area (TPSA) is 35.5 Å². The molecule has 5 rings (SSSR count). The molecule has 0 bridgehead atoms. The molecule has 0 radical (unpaired) electrons. The van der Waals surface area contributed by atoms with Gasteiger partial charge >= 0.3 is 0 Å². The predicted octanol–water partition coefficient (Wildman–Crippen LogP) is 7.46. The highest BCUT2D eigenvalue weighted by atomic mass is 16.5. The number of carbonyl (C=O) groups is 1. The third kappa shape index (κ3) is 4.80. The lowest BCUT2D eigenvalue weighted by Crippen LogP contribution is -2.15. The predicted molar refractivity (Wildman–Crippen MR) is 140 cm³/mol. The number of benzene rings is 4. The minimum atomic E-state index is -0.0810. The van der Waals surface area contributed by atoms with E-state index in [0.29, 0.717) is 12.2 Å². The zero-order chi connectivity index (χ0) is 24.0. The van der Waals surface area contributed by atoms with Gasteiger partial charge < -0.3 is 9.47 Å². The van der Waals surface area contributed by atoms with Gasteiger partial charge in [-0.2, -0.15) is 0 Å². The van der Waals surface area contributed by atoms with Crippen LogP contribution in [0.1, 0.15) is 39.9 Å². The Hall–Kier alpha value is -4.37. The first-order valence-electron chi connectivity index (χ1n) is 11.8. The Bertz CT molecular complexity index is 1370. The van der Waals surface area contributed by atoms with E-state index in [1.807, 2.05) is 104 Å². The van der Waals surface area contributed by atoms with Gasteiger partial charge in [0.15, 0.2) is 5.78 Å². The number of hydrogen-bond donors (Lipinski definition) is 0. The first kappa shape index (κ1) is 22.4. The number of hydrogen-bond acceptors (Lipinski definition) is 3. The minimum absolute atomic E-state index is 0.0465. The van der Waals surface area contributed by atoms with Crippen molar-refractivity contribution in [1.29, 1.82) is 0 Å². The van der Waals surface area contributed by atoms with Crippen LogP contribution in [-0.2, 0) is 0 Å². The number of ketones is 1. The van der Waals surface area contributed by atoms with E-state index in [2.05, 4.69) is 18.2 Å². The van der Waals surface area contributed by atoms with Crippen LogP contribution in [0.25, 0.3) is 5.76 Å². The van der Waals surface area contributed by atoms with Gasteiger partial charge in [0.1, 0.15) is 17.3 Å². The van der Waals surface area contributed by atoms with Crippen LogP contribution < -0.4 is 9.47 Å². The lowest BCUT2D eigenvalue weighted by atomic mass is 9.81. The molecule has 0 N–H and O–H groups in total. The molecule has 1 heterocycles. The maximum absolute atomic E-state index is 13.0. The third-order valence-electron chi connectivity index (χ3n) is 6.05. The van der Waals surface area contributed by atoms with Gasteiger partial charge in [0.05, 0.1) is 6.61 Å². The normalized spacial score (nSPS) is 14.9. The molecular formula is C32H26O3. The molecule has 172 valence electrons. The van der Waals surface area contributed by atoms with Gasteiger partial charge in [-0.25, -0.2) is 0 Å². The van der Waals surface area contributed by atoms with E-state index in [-0.39, 0.29) is 11.7 Å². The monoisotopic (exact) mass is 458 g/mol. The molecule has 0 saturated carbocycles. The second kappa shape index (κ2) is 10.3. The molecule has 1 aliphatic heterocycles. The SMILES string of the molecule is CCOc1ccc(C2=C(C=CC(=O)c3ccccc3)C(c3ccccc3)c3ccccc3O2)cc1. The van der Waals surface area contributed by atoms with E-state index in [4.69, 9.17) is 9.47 Å². The molecule has 3 nitrogen and oxygen atoms in total. The van der Waals surface area contributed by atoms with E-state index in [1.165, 1.54) is 0 Å². The second-order valence-corrected chi connectivity index (χ2v) is 8.29. The zero-order valence-corrected chi connectivity index (χ0v) is 19.6. The Morgan fingerprint density at radius 3 is 2.20 bits per heavy atom. The zero-order valence-electron chi connectivity index (χ0n) is 19.6. The smallest absolute Gasteiger partial charge is 0.185 e. The average molecular weight is 459 g/mol. The van der Waals surface area contributed by atoms with Crippen molar-refractivity contribution in [3.63, 3.8) is 0 Å². The molecular weight excluding hydrogens is 432 g/mol. The largest absolute Gasteiger partial charge is 0.494 e. The van der Waals surface area contributed by atoms with Crippen LogP contribution >= 0.6 is 0 Å². The maximum atomic E-state index is 13.0. The molecule has 0 aliphatic carbocycles. The molecule has 0 aromatic heterocycles. The van der Waals surface area contributed by atoms with Crippen molar-refractivity contribution in [3.05, 3.63) is 149 Å². The van der Waals surface area contributed by atoms with E-state index in [0.717, 1.165) is 39.5 Å². The third-order valence-corrected chi connectivity index (χ3v) is 6.05. The molecule has 0 saturated heterocycles. The van der Waals surface area contributed by atoms with Crippen molar-refractivity contribution < 1.29 is 14.3 Å². The Balaban J connectivity index is 1.66. The highest BCUT2D eigenvalue weighted by molar-refractivity contribution is 6.05. The van der Waals surface area contributed by atoms with Gasteiger partial charge in [0.2, 0.25) is 0 Å². The van der Waals surface area contributed by atoms with Crippen molar-refractivity contribution >= 4 is 11.5 Å². The van der Waals surface area contributed by atoms with Gasteiger partial charge in [0, 0.05) is 28.2 Å². The summed E-state index contributed by atoms with van der Waals surface area (Å²) in [5, 5.41) is 0. The molecule has 35 heavy (non-hydrogen) atoms. The number of ether oxygens (including phenoxy) is 2. The molecule has 1 unspecified atom stereocenters. The minimum Gasteiger partial charge on any atom is -0.494 e. The summed E-state index contributed by atoms with van der Waals surface area (Å²) in [6, 6.07) is 35.6. The summed E-state index contributed by atoms with van der Waals surface area (Å²) in [6.07, 6.45) is 3.56. The van der Waals surface area contributed by atoms with Gasteiger partial charge in [-0.15, -0.1) is 0 Å². The second-order valence-electron chi connectivity index (χ2n) is 8.29. The average Bonchev–Trinajstić information content (AvgIpc) is 2.92. The molecule has 0 amide bonds. The van der Waals surface area contributed by atoms with Crippen LogP contribution in [0.2, 0.25) is 0 Å². The van der Waals surface area contributed by atoms with Crippen molar-refractivity contribution in [1.82, 2.24) is 0 Å². The number of para-hydroxylation sites is 1. The molecule has 0 fully saturated rings. The first-order chi connectivity index (χ1) is 17.2. The Labute approximate surface area is 206 Å². The summed E-state index contributed by atoms with van der Waals surface area (Å²) in [5.41, 5.74) is 4.72. The highest BCUT2D eigenvalue weighted by Gasteiger charge is 2.30. The number of allylic oxidation sites excluding steroid dienone is 3. The van der Waals surface area contributed by atoms with Crippen LogP contribution in [0.4, 0.5) is 0 Å². The maximum Gasteiger partial charge on any atom is 0.185 e. The molecule has 3 heteroatoms. The van der Waals surface area contributed by atoms with Crippen molar-refractivity contribution in [2.75, 3.05) is 6.61 Å². The lowest BCUT2D eigenvalue weighted by Gasteiger charge is -2.30. The van der Waals surface area contributed by atoms with E-state index in [9.17, 15) is 4.79 Å². The van der Waals surface area contributed by atoms with Gasteiger partial charge in [-0.3, -0.25) is 4.79 Å². The van der Waals surface area contributed by atoms with Gasteiger partial charge in [0.25, 0.3) is 0 Å². The quantitative estimate of drug-likeness (QED) is 0.213. The fourth-order valence-electron chi connectivity index (χ4n) is 4.41. The fourth-order valence-corrected chi connectivity index (χ4v) is 4.41. The van der Waals surface area contributed by atoms with Crippen LogP contribution in [0.15, 0.2) is 127 Å². The van der Waals surface area contributed by atoms with Crippen molar-refractivity contribution in [2.24, 2.45) is 0 Å². The van der Waals surface area contributed by atoms with E-state index in [1.54, 1.807) is 6.08 Å². The van der Waals surface area contributed by atoms with Gasteiger partial charge in [-0.05, 0) is 48.9 Å². The van der Waals surface area contributed by atoms with Gasteiger partial charge in [-0.1, -0.05) is 84.9 Å².